The number of aliphatic hydroxyl groups is 1. The molecule has 1 rings (SSSR count). The van der Waals surface area contributed by atoms with Gasteiger partial charge in [-0.2, -0.15) is 0 Å². The Morgan fingerprint density at radius 3 is 2.53 bits per heavy atom. The van der Waals surface area contributed by atoms with Crippen LogP contribution in [0.2, 0.25) is 0 Å². The van der Waals surface area contributed by atoms with Crippen LogP contribution in [-0.4, -0.2) is 28.9 Å². The predicted octanol–water partition coefficient (Wildman–Crippen LogP) is 1.94. The fraction of sp³-hybridized carbons (Fsp3) is 0.462. The van der Waals surface area contributed by atoms with Crippen molar-refractivity contribution >= 4 is 5.97 Å². The summed E-state index contributed by atoms with van der Waals surface area (Å²) in [7, 11) is 1.52. The van der Waals surface area contributed by atoms with Crippen LogP contribution in [0.1, 0.15) is 30.9 Å². The van der Waals surface area contributed by atoms with Crippen molar-refractivity contribution < 1.29 is 19.7 Å². The number of benzene rings is 1. The molecule has 0 aliphatic heterocycles. The minimum atomic E-state index is -1.82. The lowest BCUT2D eigenvalue weighted by atomic mass is 9.84. The standard InChI is InChI=1S/C13H18O4/c1-8-5-6-11(17-4)10(7-8)9(2)13(3,16)12(14)15/h5-7,9,16H,1-4H3,(H,14,15). The fourth-order valence-electron chi connectivity index (χ4n) is 1.68. The van der Waals surface area contributed by atoms with E-state index >= 15 is 0 Å². The lowest BCUT2D eigenvalue weighted by molar-refractivity contribution is -0.158. The van der Waals surface area contributed by atoms with Crippen LogP contribution in [-0.2, 0) is 4.79 Å². The molecule has 2 unspecified atom stereocenters. The van der Waals surface area contributed by atoms with E-state index in [0.717, 1.165) is 5.56 Å². The molecule has 17 heavy (non-hydrogen) atoms. The minimum absolute atomic E-state index is 0.560. The average molecular weight is 238 g/mol. The van der Waals surface area contributed by atoms with Crippen molar-refractivity contribution in [1.29, 1.82) is 0 Å². The molecule has 4 nitrogen and oxygen atoms in total. The third-order valence-electron chi connectivity index (χ3n) is 3.13. The third kappa shape index (κ3) is 2.58. The maximum absolute atomic E-state index is 11.0. The summed E-state index contributed by atoms with van der Waals surface area (Å²) in [4.78, 5) is 11.0. The Morgan fingerprint density at radius 1 is 1.47 bits per heavy atom. The first-order valence-corrected chi connectivity index (χ1v) is 5.41. The van der Waals surface area contributed by atoms with E-state index in [0.29, 0.717) is 11.3 Å². The highest BCUT2D eigenvalue weighted by atomic mass is 16.5. The van der Waals surface area contributed by atoms with Gasteiger partial charge in [-0.1, -0.05) is 24.6 Å². The molecule has 2 N–H and O–H groups in total. The second-order valence-corrected chi connectivity index (χ2v) is 4.42. The molecule has 0 saturated heterocycles. The van der Waals surface area contributed by atoms with Gasteiger partial charge in [-0.3, -0.25) is 0 Å². The second kappa shape index (κ2) is 4.75. The Balaban J connectivity index is 3.23. The van der Waals surface area contributed by atoms with Crippen molar-refractivity contribution in [3.63, 3.8) is 0 Å². The number of hydrogen-bond donors (Lipinski definition) is 2. The molecule has 4 heteroatoms. The Labute approximate surface area is 101 Å². The highest BCUT2D eigenvalue weighted by molar-refractivity contribution is 5.78. The number of aryl methyl sites for hydroxylation is 1. The van der Waals surface area contributed by atoms with E-state index in [9.17, 15) is 9.90 Å². The lowest BCUT2D eigenvalue weighted by Crippen LogP contribution is -2.40. The molecule has 94 valence electrons. The molecule has 0 aliphatic rings. The summed E-state index contributed by atoms with van der Waals surface area (Å²) in [6.45, 7) is 4.87. The molecule has 0 aromatic heterocycles. The monoisotopic (exact) mass is 238 g/mol. The van der Waals surface area contributed by atoms with Gasteiger partial charge in [-0.15, -0.1) is 0 Å². The normalized spacial score (nSPS) is 16.1. The van der Waals surface area contributed by atoms with Crippen LogP contribution in [0.3, 0.4) is 0 Å². The van der Waals surface area contributed by atoms with Crippen molar-refractivity contribution in [2.24, 2.45) is 0 Å². The highest BCUT2D eigenvalue weighted by Gasteiger charge is 2.38. The summed E-state index contributed by atoms with van der Waals surface area (Å²) in [5.41, 5.74) is -0.130. The molecule has 0 fully saturated rings. The highest BCUT2D eigenvalue weighted by Crippen LogP contribution is 2.34. The largest absolute Gasteiger partial charge is 0.496 e. The summed E-state index contributed by atoms with van der Waals surface area (Å²) >= 11 is 0. The molecule has 0 heterocycles. The van der Waals surface area contributed by atoms with Gasteiger partial charge in [0, 0.05) is 11.5 Å². The summed E-state index contributed by atoms with van der Waals surface area (Å²) < 4.78 is 5.19. The van der Waals surface area contributed by atoms with Crippen molar-refractivity contribution in [1.82, 2.24) is 0 Å². The zero-order chi connectivity index (χ0) is 13.2. The maximum Gasteiger partial charge on any atom is 0.336 e. The van der Waals surface area contributed by atoms with Gasteiger partial charge >= 0.3 is 5.97 Å². The number of rotatable bonds is 4. The van der Waals surface area contributed by atoms with E-state index in [1.165, 1.54) is 14.0 Å². The molecule has 0 aliphatic carbocycles. The maximum atomic E-state index is 11.0. The zero-order valence-corrected chi connectivity index (χ0v) is 10.5. The SMILES string of the molecule is COc1ccc(C)cc1C(C)C(C)(O)C(=O)O. The molecule has 0 amide bonds. The number of hydrogen-bond acceptors (Lipinski definition) is 3. The topological polar surface area (TPSA) is 66.8 Å². The third-order valence-corrected chi connectivity index (χ3v) is 3.13. The summed E-state index contributed by atoms with van der Waals surface area (Å²) in [5, 5.41) is 19.0. The first kappa shape index (κ1) is 13.5. The van der Waals surface area contributed by atoms with Gasteiger partial charge in [0.15, 0.2) is 5.60 Å². The van der Waals surface area contributed by atoms with Crippen molar-refractivity contribution in [3.8, 4) is 5.75 Å². The lowest BCUT2D eigenvalue weighted by Gasteiger charge is -2.27. The Bertz CT molecular complexity index is 423. The summed E-state index contributed by atoms with van der Waals surface area (Å²) in [6, 6.07) is 5.49. The van der Waals surface area contributed by atoms with Crippen LogP contribution in [0.25, 0.3) is 0 Å². The average Bonchev–Trinajstić information content (AvgIpc) is 2.27. The van der Waals surface area contributed by atoms with Crippen LogP contribution < -0.4 is 4.74 Å². The molecule has 1 aromatic carbocycles. The second-order valence-electron chi connectivity index (χ2n) is 4.42. The number of carboxylic acids is 1. The van der Waals surface area contributed by atoms with Gasteiger partial charge in [0.25, 0.3) is 0 Å². The number of aliphatic carboxylic acids is 1. The Morgan fingerprint density at radius 2 is 2.06 bits per heavy atom. The van der Waals surface area contributed by atoms with Crippen molar-refractivity contribution in [2.45, 2.75) is 32.3 Å². The molecule has 0 radical (unpaired) electrons. The molecular formula is C13H18O4. The molecule has 0 saturated carbocycles. The van der Waals surface area contributed by atoms with Gasteiger partial charge < -0.3 is 14.9 Å². The van der Waals surface area contributed by atoms with Crippen molar-refractivity contribution in [2.75, 3.05) is 7.11 Å². The first-order chi connectivity index (χ1) is 7.80. The zero-order valence-electron chi connectivity index (χ0n) is 10.5. The van der Waals surface area contributed by atoms with E-state index < -0.39 is 17.5 Å². The quantitative estimate of drug-likeness (QED) is 0.841. The molecule has 0 spiro atoms. The predicted molar refractivity (Wildman–Crippen MR) is 64.4 cm³/mol. The number of carboxylic acid groups (broad SMARTS) is 1. The number of carbonyl (C=O) groups is 1. The van der Waals surface area contributed by atoms with Gasteiger partial charge in [0.1, 0.15) is 5.75 Å². The number of ether oxygens (including phenoxy) is 1. The number of methoxy groups -OCH3 is 1. The molecular weight excluding hydrogens is 220 g/mol. The molecule has 0 bridgehead atoms. The smallest absolute Gasteiger partial charge is 0.336 e. The van der Waals surface area contributed by atoms with Crippen LogP contribution in [0.4, 0.5) is 0 Å². The van der Waals surface area contributed by atoms with Gasteiger partial charge in [-0.05, 0) is 19.9 Å². The van der Waals surface area contributed by atoms with Gasteiger partial charge in [0.2, 0.25) is 0 Å². The fourth-order valence-corrected chi connectivity index (χ4v) is 1.68. The minimum Gasteiger partial charge on any atom is -0.496 e. The van der Waals surface area contributed by atoms with E-state index in [1.54, 1.807) is 13.0 Å². The van der Waals surface area contributed by atoms with Gasteiger partial charge in [-0.25, -0.2) is 4.79 Å². The van der Waals surface area contributed by atoms with Gasteiger partial charge in [0.05, 0.1) is 7.11 Å². The van der Waals surface area contributed by atoms with Crippen LogP contribution >= 0.6 is 0 Å². The molecule has 1 aromatic rings. The van der Waals surface area contributed by atoms with E-state index in [2.05, 4.69) is 0 Å². The first-order valence-electron chi connectivity index (χ1n) is 5.41. The summed E-state index contributed by atoms with van der Waals surface area (Å²) in [6.07, 6.45) is 0. The van der Waals surface area contributed by atoms with Crippen LogP contribution in [0.5, 0.6) is 5.75 Å². The Kier molecular flexibility index (Phi) is 3.78. The summed E-state index contributed by atoms with van der Waals surface area (Å²) in [5.74, 6) is -1.21. The Hall–Kier alpha value is -1.55. The van der Waals surface area contributed by atoms with Crippen LogP contribution in [0, 0.1) is 6.92 Å². The van der Waals surface area contributed by atoms with E-state index in [1.807, 2.05) is 19.1 Å². The van der Waals surface area contributed by atoms with Crippen LogP contribution in [0.15, 0.2) is 18.2 Å². The van der Waals surface area contributed by atoms with E-state index in [4.69, 9.17) is 9.84 Å². The van der Waals surface area contributed by atoms with Crippen molar-refractivity contribution in [3.05, 3.63) is 29.3 Å². The van der Waals surface area contributed by atoms with E-state index in [-0.39, 0.29) is 0 Å². The molecule has 2 atom stereocenters.